The highest BCUT2D eigenvalue weighted by Crippen LogP contribution is 2.26. The second-order valence-corrected chi connectivity index (χ2v) is 7.12. The van der Waals surface area contributed by atoms with E-state index in [0.29, 0.717) is 6.61 Å². The molecule has 0 heterocycles. The zero-order chi connectivity index (χ0) is 17.6. The molecule has 0 radical (unpaired) electrons. The SMILES string of the molecule is COC[C@H](C)NC(=O)[C@@H](C)NS(=O)(=O)c1cc(Cl)ccc1OC. The molecule has 1 amide bonds. The number of nitrogens with one attached hydrogen (secondary N) is 2. The maximum atomic E-state index is 12.4. The Morgan fingerprint density at radius 3 is 2.52 bits per heavy atom. The van der Waals surface area contributed by atoms with Crippen LogP contribution in [-0.4, -0.2) is 47.2 Å². The van der Waals surface area contributed by atoms with Gasteiger partial charge < -0.3 is 14.8 Å². The molecule has 0 aromatic heterocycles. The first kappa shape index (κ1) is 19.7. The van der Waals surface area contributed by atoms with Gasteiger partial charge in [-0.1, -0.05) is 11.6 Å². The predicted octanol–water partition coefficient (Wildman–Crippen LogP) is 1.17. The van der Waals surface area contributed by atoms with Crippen molar-refractivity contribution in [2.45, 2.75) is 30.8 Å². The number of benzene rings is 1. The molecule has 0 saturated heterocycles. The van der Waals surface area contributed by atoms with Crippen molar-refractivity contribution >= 4 is 27.5 Å². The zero-order valence-electron chi connectivity index (χ0n) is 13.4. The molecule has 1 aromatic carbocycles. The van der Waals surface area contributed by atoms with Crippen LogP contribution in [0.2, 0.25) is 5.02 Å². The number of ether oxygens (including phenoxy) is 2. The Balaban J connectivity index is 2.90. The van der Waals surface area contributed by atoms with Crippen molar-refractivity contribution in [3.05, 3.63) is 23.2 Å². The molecule has 0 aliphatic rings. The number of hydrogen-bond donors (Lipinski definition) is 2. The van der Waals surface area contributed by atoms with Gasteiger partial charge in [-0.25, -0.2) is 8.42 Å². The van der Waals surface area contributed by atoms with Crippen molar-refractivity contribution in [3.63, 3.8) is 0 Å². The summed E-state index contributed by atoms with van der Waals surface area (Å²) < 4.78 is 37.1. The summed E-state index contributed by atoms with van der Waals surface area (Å²) in [6, 6.07) is 3.02. The Hall–Kier alpha value is -1.35. The van der Waals surface area contributed by atoms with E-state index in [1.807, 2.05) is 0 Å². The van der Waals surface area contributed by atoms with Crippen molar-refractivity contribution < 1.29 is 22.7 Å². The van der Waals surface area contributed by atoms with E-state index in [2.05, 4.69) is 10.0 Å². The van der Waals surface area contributed by atoms with Gasteiger partial charge in [-0.2, -0.15) is 4.72 Å². The number of amides is 1. The lowest BCUT2D eigenvalue weighted by atomic mass is 10.3. The summed E-state index contributed by atoms with van der Waals surface area (Å²) in [4.78, 5) is 11.9. The van der Waals surface area contributed by atoms with Gasteiger partial charge in [-0.05, 0) is 32.0 Å². The molecule has 0 aliphatic heterocycles. The third kappa shape index (κ3) is 5.65. The Labute approximate surface area is 141 Å². The summed E-state index contributed by atoms with van der Waals surface area (Å²) in [6.45, 7) is 3.53. The third-order valence-electron chi connectivity index (χ3n) is 2.95. The normalized spacial score (nSPS) is 14.1. The lowest BCUT2D eigenvalue weighted by molar-refractivity contribution is -0.123. The number of carbonyl (C=O) groups excluding carboxylic acids is 1. The highest BCUT2D eigenvalue weighted by atomic mass is 35.5. The van der Waals surface area contributed by atoms with Crippen LogP contribution in [0.1, 0.15) is 13.8 Å². The summed E-state index contributed by atoms with van der Waals surface area (Å²) in [5.74, 6) is -0.318. The second kappa shape index (κ2) is 8.49. The van der Waals surface area contributed by atoms with Crippen LogP contribution in [0.15, 0.2) is 23.1 Å². The fraction of sp³-hybridized carbons (Fsp3) is 0.500. The average molecular weight is 365 g/mol. The van der Waals surface area contributed by atoms with Crippen molar-refractivity contribution in [3.8, 4) is 5.75 Å². The topological polar surface area (TPSA) is 93.7 Å². The molecule has 0 unspecified atom stereocenters. The van der Waals surface area contributed by atoms with E-state index in [0.717, 1.165) is 0 Å². The van der Waals surface area contributed by atoms with Crippen LogP contribution in [0.5, 0.6) is 5.75 Å². The van der Waals surface area contributed by atoms with Gasteiger partial charge in [0.15, 0.2) is 0 Å². The van der Waals surface area contributed by atoms with Crippen molar-refractivity contribution in [2.75, 3.05) is 20.8 Å². The van der Waals surface area contributed by atoms with Gasteiger partial charge in [0.05, 0.1) is 19.8 Å². The molecule has 0 fully saturated rings. The predicted molar refractivity (Wildman–Crippen MR) is 87.3 cm³/mol. The highest BCUT2D eigenvalue weighted by molar-refractivity contribution is 7.89. The van der Waals surface area contributed by atoms with E-state index in [1.54, 1.807) is 6.92 Å². The third-order valence-corrected chi connectivity index (χ3v) is 4.74. The van der Waals surface area contributed by atoms with E-state index in [-0.39, 0.29) is 21.7 Å². The van der Waals surface area contributed by atoms with Crippen LogP contribution in [0.25, 0.3) is 0 Å². The molecule has 1 rings (SSSR count). The zero-order valence-corrected chi connectivity index (χ0v) is 15.0. The summed E-state index contributed by atoms with van der Waals surface area (Å²) >= 11 is 5.84. The largest absolute Gasteiger partial charge is 0.495 e. The molecular formula is C14H21ClN2O5S. The van der Waals surface area contributed by atoms with E-state index < -0.39 is 22.0 Å². The molecule has 23 heavy (non-hydrogen) atoms. The lowest BCUT2D eigenvalue weighted by Crippen LogP contribution is -2.48. The molecule has 1 aromatic rings. The molecule has 2 N–H and O–H groups in total. The van der Waals surface area contributed by atoms with Crippen LogP contribution in [0.4, 0.5) is 0 Å². The van der Waals surface area contributed by atoms with Gasteiger partial charge in [-0.3, -0.25) is 4.79 Å². The standard InChI is InChI=1S/C14H21ClN2O5S/c1-9(8-21-3)16-14(18)10(2)17-23(19,20)13-7-11(15)5-6-12(13)22-4/h5-7,9-10,17H,8H2,1-4H3,(H,16,18)/t9-,10+/m0/s1. The Bertz CT molecular complexity index is 651. The first-order valence-electron chi connectivity index (χ1n) is 6.86. The smallest absolute Gasteiger partial charge is 0.245 e. The molecule has 9 heteroatoms. The first-order chi connectivity index (χ1) is 10.7. The van der Waals surface area contributed by atoms with Crippen LogP contribution in [0.3, 0.4) is 0 Å². The molecular weight excluding hydrogens is 344 g/mol. The van der Waals surface area contributed by atoms with Gasteiger partial charge in [0.2, 0.25) is 15.9 Å². The molecule has 0 aliphatic carbocycles. The first-order valence-corrected chi connectivity index (χ1v) is 8.72. The number of rotatable bonds is 8. The van der Waals surface area contributed by atoms with Crippen LogP contribution >= 0.6 is 11.6 Å². The summed E-state index contributed by atoms with van der Waals surface area (Å²) in [5.41, 5.74) is 0. The Morgan fingerprint density at radius 1 is 1.30 bits per heavy atom. The monoisotopic (exact) mass is 364 g/mol. The van der Waals surface area contributed by atoms with Gasteiger partial charge in [-0.15, -0.1) is 0 Å². The molecule has 0 bridgehead atoms. The minimum atomic E-state index is -3.97. The highest BCUT2D eigenvalue weighted by Gasteiger charge is 2.25. The number of carbonyl (C=O) groups is 1. The van der Waals surface area contributed by atoms with E-state index >= 15 is 0 Å². The van der Waals surface area contributed by atoms with E-state index in [1.165, 1.54) is 39.3 Å². The average Bonchev–Trinajstić information content (AvgIpc) is 2.46. The van der Waals surface area contributed by atoms with Crippen molar-refractivity contribution in [1.29, 1.82) is 0 Å². The van der Waals surface area contributed by atoms with Crippen molar-refractivity contribution in [2.24, 2.45) is 0 Å². The quantitative estimate of drug-likeness (QED) is 0.722. The van der Waals surface area contributed by atoms with Gasteiger partial charge in [0.1, 0.15) is 10.6 Å². The molecule has 0 saturated carbocycles. The molecule has 7 nitrogen and oxygen atoms in total. The minimum Gasteiger partial charge on any atom is -0.495 e. The summed E-state index contributed by atoms with van der Waals surface area (Å²) in [6.07, 6.45) is 0. The van der Waals surface area contributed by atoms with Gasteiger partial charge in [0.25, 0.3) is 0 Å². The minimum absolute atomic E-state index is 0.128. The maximum Gasteiger partial charge on any atom is 0.245 e. The maximum absolute atomic E-state index is 12.4. The fourth-order valence-electron chi connectivity index (χ4n) is 1.87. The van der Waals surface area contributed by atoms with E-state index in [4.69, 9.17) is 21.1 Å². The summed E-state index contributed by atoms with van der Waals surface area (Å²) in [7, 11) is -1.10. The van der Waals surface area contributed by atoms with Crippen molar-refractivity contribution in [1.82, 2.24) is 10.0 Å². The molecule has 0 spiro atoms. The number of halogens is 1. The van der Waals surface area contributed by atoms with Crippen LogP contribution < -0.4 is 14.8 Å². The number of hydrogen-bond acceptors (Lipinski definition) is 5. The van der Waals surface area contributed by atoms with Gasteiger partial charge in [0, 0.05) is 18.2 Å². The Kier molecular flexibility index (Phi) is 7.27. The second-order valence-electron chi connectivity index (χ2n) is 5.00. The number of methoxy groups -OCH3 is 2. The van der Waals surface area contributed by atoms with E-state index in [9.17, 15) is 13.2 Å². The van der Waals surface area contributed by atoms with Gasteiger partial charge >= 0.3 is 0 Å². The van der Waals surface area contributed by atoms with Crippen LogP contribution in [0, 0.1) is 0 Å². The molecule has 2 atom stereocenters. The molecule has 130 valence electrons. The van der Waals surface area contributed by atoms with Crippen LogP contribution in [-0.2, 0) is 19.6 Å². The number of sulfonamides is 1. The lowest BCUT2D eigenvalue weighted by Gasteiger charge is -2.18. The fourth-order valence-corrected chi connectivity index (χ4v) is 3.50. The Morgan fingerprint density at radius 2 is 1.96 bits per heavy atom. The summed E-state index contributed by atoms with van der Waals surface area (Å²) in [5, 5.41) is 2.89.